The van der Waals surface area contributed by atoms with E-state index in [4.69, 9.17) is 4.74 Å². The van der Waals surface area contributed by atoms with E-state index in [2.05, 4.69) is 37.1 Å². The van der Waals surface area contributed by atoms with Crippen molar-refractivity contribution in [1.82, 2.24) is 24.4 Å². The lowest BCUT2D eigenvalue weighted by atomic mass is 10.1. The molecule has 2 aromatic heterocycles. The third-order valence-corrected chi connectivity index (χ3v) is 7.10. The molecule has 4 heterocycles. The normalized spacial score (nSPS) is 17.6. The molecule has 4 aromatic rings. The van der Waals surface area contributed by atoms with Crippen LogP contribution in [0, 0.1) is 18.6 Å². The Morgan fingerprint density at radius 1 is 1.08 bits per heavy atom. The maximum absolute atomic E-state index is 15.0. The fourth-order valence-corrected chi connectivity index (χ4v) is 5.42. The SMILES string of the molecule is Cc1nc2c(F)cc(-c3nc(Nc4ccc5c(c4)OCC4CN(C)CCN54)ncc3F)cc2n1C(C)C. The molecular formula is C27H29F2N7O. The highest BCUT2D eigenvalue weighted by atomic mass is 19.1. The molecule has 192 valence electrons. The van der Waals surface area contributed by atoms with Crippen molar-refractivity contribution in [2.24, 2.45) is 0 Å². The van der Waals surface area contributed by atoms with Gasteiger partial charge in [-0.3, -0.25) is 0 Å². The van der Waals surface area contributed by atoms with Crippen molar-refractivity contribution in [1.29, 1.82) is 0 Å². The average Bonchev–Trinajstić information content (AvgIpc) is 3.21. The van der Waals surface area contributed by atoms with Gasteiger partial charge in [0.05, 0.1) is 23.4 Å². The Balaban J connectivity index is 1.32. The number of aromatic nitrogens is 4. The number of fused-ring (bicyclic) bond motifs is 4. The molecule has 1 saturated heterocycles. The van der Waals surface area contributed by atoms with E-state index in [1.54, 1.807) is 6.07 Å². The molecule has 1 atom stereocenters. The van der Waals surface area contributed by atoms with Gasteiger partial charge in [0.1, 0.15) is 29.4 Å². The lowest BCUT2D eigenvalue weighted by Gasteiger charge is -2.44. The summed E-state index contributed by atoms with van der Waals surface area (Å²) in [5, 5.41) is 3.15. The van der Waals surface area contributed by atoms with Gasteiger partial charge >= 0.3 is 0 Å². The van der Waals surface area contributed by atoms with E-state index in [1.165, 1.54) is 6.07 Å². The van der Waals surface area contributed by atoms with Crippen LogP contribution in [0.1, 0.15) is 25.7 Å². The highest BCUT2D eigenvalue weighted by molar-refractivity contribution is 5.83. The Morgan fingerprint density at radius 3 is 2.73 bits per heavy atom. The van der Waals surface area contributed by atoms with Crippen LogP contribution in [0.25, 0.3) is 22.3 Å². The summed E-state index contributed by atoms with van der Waals surface area (Å²) >= 11 is 0. The number of aryl methyl sites for hydroxylation is 1. The summed E-state index contributed by atoms with van der Waals surface area (Å²) in [5.41, 5.74) is 2.99. The average molecular weight is 506 g/mol. The zero-order valence-corrected chi connectivity index (χ0v) is 21.3. The Bertz CT molecular complexity index is 1500. The Morgan fingerprint density at radius 2 is 1.92 bits per heavy atom. The number of hydrogen-bond donors (Lipinski definition) is 1. The second-order valence-electron chi connectivity index (χ2n) is 10.1. The summed E-state index contributed by atoms with van der Waals surface area (Å²) in [6.07, 6.45) is 1.10. The summed E-state index contributed by atoms with van der Waals surface area (Å²) in [6.45, 7) is 9.37. The van der Waals surface area contributed by atoms with Gasteiger partial charge in [0.15, 0.2) is 11.6 Å². The molecule has 0 spiro atoms. The highest BCUT2D eigenvalue weighted by Gasteiger charge is 2.31. The first-order chi connectivity index (χ1) is 17.8. The van der Waals surface area contributed by atoms with Crippen LogP contribution in [0.3, 0.4) is 0 Å². The zero-order valence-electron chi connectivity index (χ0n) is 21.3. The molecule has 2 aliphatic rings. The monoisotopic (exact) mass is 505 g/mol. The van der Waals surface area contributed by atoms with Gasteiger partial charge in [0.25, 0.3) is 0 Å². The minimum Gasteiger partial charge on any atom is -0.489 e. The van der Waals surface area contributed by atoms with Crippen molar-refractivity contribution in [3.8, 4) is 17.0 Å². The van der Waals surface area contributed by atoms with Crippen LogP contribution in [-0.2, 0) is 0 Å². The number of piperazine rings is 1. The van der Waals surface area contributed by atoms with Gasteiger partial charge in [-0.15, -0.1) is 0 Å². The molecule has 0 amide bonds. The second-order valence-corrected chi connectivity index (χ2v) is 10.1. The van der Waals surface area contributed by atoms with Crippen molar-refractivity contribution in [2.45, 2.75) is 32.9 Å². The zero-order chi connectivity index (χ0) is 25.8. The van der Waals surface area contributed by atoms with E-state index in [1.807, 2.05) is 43.5 Å². The number of nitrogens with zero attached hydrogens (tertiary/aromatic N) is 6. The summed E-state index contributed by atoms with van der Waals surface area (Å²) < 4.78 is 37.9. The van der Waals surface area contributed by atoms with E-state index < -0.39 is 11.6 Å². The van der Waals surface area contributed by atoms with Crippen LogP contribution in [0.5, 0.6) is 5.75 Å². The van der Waals surface area contributed by atoms with Crippen molar-refractivity contribution in [3.63, 3.8) is 0 Å². The van der Waals surface area contributed by atoms with Gasteiger partial charge in [-0.05, 0) is 52.1 Å². The highest BCUT2D eigenvalue weighted by Crippen LogP contribution is 2.38. The smallest absolute Gasteiger partial charge is 0.227 e. The molecule has 37 heavy (non-hydrogen) atoms. The Labute approximate surface area is 213 Å². The number of benzene rings is 2. The molecule has 0 aliphatic carbocycles. The predicted octanol–water partition coefficient (Wildman–Crippen LogP) is 4.92. The lowest BCUT2D eigenvalue weighted by Crippen LogP contribution is -2.56. The Kier molecular flexibility index (Phi) is 5.71. The standard InChI is InChI=1S/C27H29F2N7O/c1-15(2)36-16(3)31-26-20(28)9-17(10-23(26)36)25-21(29)12-30-27(33-25)32-18-5-6-22-24(11-18)37-14-19-13-34(4)7-8-35(19)22/h5-6,9-12,15,19H,7-8,13-14H2,1-4H3,(H,30,32,33). The first-order valence-electron chi connectivity index (χ1n) is 12.5. The fraction of sp³-hybridized carbons (Fsp3) is 0.370. The first kappa shape index (κ1) is 23.6. The number of anilines is 3. The van der Waals surface area contributed by atoms with Gasteiger partial charge in [-0.25, -0.2) is 23.7 Å². The van der Waals surface area contributed by atoms with Gasteiger partial charge in [0, 0.05) is 43.0 Å². The number of nitrogens with one attached hydrogen (secondary N) is 1. The molecule has 0 saturated carbocycles. The van der Waals surface area contributed by atoms with Crippen LogP contribution in [0.4, 0.5) is 26.1 Å². The quantitative estimate of drug-likeness (QED) is 0.422. The van der Waals surface area contributed by atoms with Crippen LogP contribution in [0.2, 0.25) is 0 Å². The van der Waals surface area contributed by atoms with Gasteiger partial charge in [-0.2, -0.15) is 0 Å². The van der Waals surface area contributed by atoms with Crippen LogP contribution in [0.15, 0.2) is 36.5 Å². The number of ether oxygens (including phenoxy) is 1. The molecule has 0 bridgehead atoms. The first-order valence-corrected chi connectivity index (χ1v) is 12.5. The van der Waals surface area contributed by atoms with Crippen molar-refractivity contribution in [2.75, 3.05) is 43.5 Å². The maximum atomic E-state index is 15.0. The second kappa shape index (κ2) is 8.95. The lowest BCUT2D eigenvalue weighted by molar-refractivity contribution is 0.188. The molecule has 2 aromatic carbocycles. The maximum Gasteiger partial charge on any atom is 0.227 e. The number of imidazole rings is 1. The third kappa shape index (κ3) is 4.15. The number of likely N-dealkylation sites (N-methyl/N-ethyl adjacent to an activating group) is 1. The number of rotatable bonds is 4. The minimum absolute atomic E-state index is 0.0157. The van der Waals surface area contributed by atoms with E-state index >= 15 is 0 Å². The van der Waals surface area contributed by atoms with E-state index in [0.29, 0.717) is 29.6 Å². The van der Waals surface area contributed by atoms with Crippen molar-refractivity contribution >= 4 is 28.4 Å². The summed E-state index contributed by atoms with van der Waals surface area (Å²) in [4.78, 5) is 17.6. The Hall–Kier alpha value is -3.79. The molecule has 0 radical (unpaired) electrons. The van der Waals surface area contributed by atoms with Crippen molar-refractivity contribution < 1.29 is 13.5 Å². The largest absolute Gasteiger partial charge is 0.489 e. The van der Waals surface area contributed by atoms with Crippen LogP contribution < -0.4 is 15.0 Å². The van der Waals surface area contributed by atoms with E-state index in [-0.39, 0.29) is 23.2 Å². The molecular weight excluding hydrogens is 476 g/mol. The molecule has 1 fully saturated rings. The number of halogens is 2. The topological polar surface area (TPSA) is 71.3 Å². The molecule has 10 heteroatoms. The van der Waals surface area contributed by atoms with Crippen LogP contribution >= 0.6 is 0 Å². The van der Waals surface area contributed by atoms with Gasteiger partial charge < -0.3 is 24.4 Å². The summed E-state index contributed by atoms with van der Waals surface area (Å²) in [5.74, 6) is 0.545. The summed E-state index contributed by atoms with van der Waals surface area (Å²) in [7, 11) is 2.13. The summed E-state index contributed by atoms with van der Waals surface area (Å²) in [6, 6.07) is 9.27. The molecule has 1 N–H and O–H groups in total. The van der Waals surface area contributed by atoms with E-state index in [9.17, 15) is 8.78 Å². The third-order valence-electron chi connectivity index (χ3n) is 7.10. The van der Waals surface area contributed by atoms with Gasteiger partial charge in [0.2, 0.25) is 5.95 Å². The van der Waals surface area contributed by atoms with Crippen molar-refractivity contribution in [3.05, 3.63) is 54.0 Å². The minimum atomic E-state index is -0.633. The molecule has 8 nitrogen and oxygen atoms in total. The molecule has 2 aliphatic heterocycles. The molecule has 6 rings (SSSR count). The fourth-order valence-electron chi connectivity index (χ4n) is 5.42. The predicted molar refractivity (Wildman–Crippen MR) is 140 cm³/mol. The van der Waals surface area contributed by atoms with Crippen LogP contribution in [-0.4, -0.2) is 63.7 Å². The van der Waals surface area contributed by atoms with E-state index in [0.717, 1.165) is 43.0 Å². The molecule has 1 unspecified atom stereocenters. The van der Waals surface area contributed by atoms with Gasteiger partial charge in [-0.1, -0.05) is 0 Å². The number of hydrogen-bond acceptors (Lipinski definition) is 7.